The van der Waals surface area contributed by atoms with Gasteiger partial charge in [0.1, 0.15) is 5.02 Å². The quantitative estimate of drug-likeness (QED) is 0.375. The molecule has 0 saturated carbocycles. The number of aryl methyl sites for hydroxylation is 1. The van der Waals surface area contributed by atoms with Gasteiger partial charge in [0.15, 0.2) is 0 Å². The van der Waals surface area contributed by atoms with Crippen molar-refractivity contribution in [3.63, 3.8) is 0 Å². The van der Waals surface area contributed by atoms with Gasteiger partial charge in [0, 0.05) is 18.3 Å². The first-order valence-electron chi connectivity index (χ1n) is 5.35. The van der Waals surface area contributed by atoms with Crippen LogP contribution >= 0.6 is 11.6 Å². The van der Waals surface area contributed by atoms with Crippen LogP contribution in [-0.4, -0.2) is 11.5 Å². The van der Waals surface area contributed by atoms with Gasteiger partial charge in [-0.25, -0.2) is 0 Å². The Labute approximate surface area is 105 Å². The number of anilines is 1. The first kappa shape index (κ1) is 13.5. The number of hydrogen-bond acceptors (Lipinski definition) is 3. The molecule has 4 nitrogen and oxygen atoms in total. The molecule has 1 rings (SSSR count). The van der Waals surface area contributed by atoms with Crippen molar-refractivity contribution in [2.24, 2.45) is 0 Å². The van der Waals surface area contributed by atoms with Crippen LogP contribution < -0.4 is 5.32 Å². The molecule has 17 heavy (non-hydrogen) atoms. The molecule has 0 aliphatic rings. The summed E-state index contributed by atoms with van der Waals surface area (Å²) in [4.78, 5) is 10.2. The monoisotopic (exact) mass is 254 g/mol. The molecule has 0 spiro atoms. The van der Waals surface area contributed by atoms with Gasteiger partial charge >= 0.3 is 0 Å². The lowest BCUT2D eigenvalue weighted by molar-refractivity contribution is -0.384. The molecule has 1 N–H and O–H groups in total. The lowest BCUT2D eigenvalue weighted by atomic mass is 10.1. The van der Waals surface area contributed by atoms with Crippen LogP contribution in [0.1, 0.15) is 18.9 Å². The van der Waals surface area contributed by atoms with Gasteiger partial charge in [-0.15, -0.1) is 0 Å². The van der Waals surface area contributed by atoms with E-state index >= 15 is 0 Å². The number of nitrogens with zero attached hydrogens (tertiary/aromatic N) is 1. The smallest absolute Gasteiger partial charge is 0.288 e. The van der Waals surface area contributed by atoms with E-state index in [4.69, 9.17) is 11.6 Å². The van der Waals surface area contributed by atoms with E-state index in [2.05, 4.69) is 11.4 Å². The van der Waals surface area contributed by atoms with E-state index in [0.717, 1.165) is 24.2 Å². The molecule has 0 fully saturated rings. The molecule has 0 aromatic heterocycles. The normalized spacial score (nSPS) is 10.8. The number of hydrogen-bond donors (Lipinski definition) is 1. The summed E-state index contributed by atoms with van der Waals surface area (Å²) in [5.41, 5.74) is 1.61. The Morgan fingerprint density at radius 3 is 2.82 bits per heavy atom. The fraction of sp³-hybridized carbons (Fsp3) is 0.333. The van der Waals surface area contributed by atoms with Crippen LogP contribution in [0, 0.1) is 17.0 Å². The molecule has 0 amide bonds. The van der Waals surface area contributed by atoms with Gasteiger partial charge < -0.3 is 5.32 Å². The average Bonchev–Trinajstić information content (AvgIpc) is 2.28. The Balaban J connectivity index is 2.81. The molecular formula is C12H15ClN2O2. The maximum absolute atomic E-state index is 10.7. The number of nitro benzene ring substituents is 1. The molecule has 1 aromatic carbocycles. The topological polar surface area (TPSA) is 55.2 Å². The highest BCUT2D eigenvalue weighted by molar-refractivity contribution is 6.33. The highest BCUT2D eigenvalue weighted by Crippen LogP contribution is 2.30. The first-order chi connectivity index (χ1) is 8.06. The van der Waals surface area contributed by atoms with Gasteiger partial charge in [-0.1, -0.05) is 23.8 Å². The van der Waals surface area contributed by atoms with E-state index < -0.39 is 4.92 Å². The zero-order valence-electron chi connectivity index (χ0n) is 9.87. The first-order valence-corrected chi connectivity index (χ1v) is 5.73. The summed E-state index contributed by atoms with van der Waals surface area (Å²) in [5.74, 6) is 0. The summed E-state index contributed by atoms with van der Waals surface area (Å²) in [6.45, 7) is 4.56. The fourth-order valence-electron chi connectivity index (χ4n) is 1.45. The Hall–Kier alpha value is -1.55. The van der Waals surface area contributed by atoms with E-state index in [1.54, 1.807) is 6.07 Å². The van der Waals surface area contributed by atoms with E-state index in [-0.39, 0.29) is 10.7 Å². The summed E-state index contributed by atoms with van der Waals surface area (Å²) in [7, 11) is 0. The van der Waals surface area contributed by atoms with Crippen molar-refractivity contribution in [1.82, 2.24) is 0 Å². The fourth-order valence-corrected chi connectivity index (χ4v) is 1.69. The molecule has 0 radical (unpaired) electrons. The van der Waals surface area contributed by atoms with Gasteiger partial charge in [0.05, 0.1) is 4.92 Å². The van der Waals surface area contributed by atoms with Crippen molar-refractivity contribution in [3.8, 4) is 0 Å². The van der Waals surface area contributed by atoms with Crippen LogP contribution in [0.4, 0.5) is 11.4 Å². The molecule has 0 unspecified atom stereocenters. The Morgan fingerprint density at radius 2 is 2.24 bits per heavy atom. The van der Waals surface area contributed by atoms with E-state index in [0.29, 0.717) is 0 Å². The SMILES string of the molecule is C/C=C/CCNc1cc(Cl)c([N+](=O)[O-])cc1C. The van der Waals surface area contributed by atoms with Crippen LogP contribution in [0.15, 0.2) is 24.3 Å². The van der Waals surface area contributed by atoms with Gasteiger partial charge in [0.25, 0.3) is 5.69 Å². The number of rotatable bonds is 5. The predicted octanol–water partition coefficient (Wildman–Crippen LogP) is 3.93. The Bertz CT molecular complexity index is 444. The van der Waals surface area contributed by atoms with Crippen LogP contribution in [0.2, 0.25) is 5.02 Å². The number of halogens is 1. The molecular weight excluding hydrogens is 240 g/mol. The molecule has 92 valence electrons. The van der Waals surface area contributed by atoms with Crippen molar-refractivity contribution < 1.29 is 4.92 Å². The third-order valence-corrected chi connectivity index (χ3v) is 2.66. The third-order valence-electron chi connectivity index (χ3n) is 2.35. The minimum atomic E-state index is -0.473. The lowest BCUT2D eigenvalue weighted by Gasteiger charge is -2.09. The van der Waals surface area contributed by atoms with E-state index in [9.17, 15) is 10.1 Å². The molecule has 0 atom stereocenters. The van der Waals surface area contributed by atoms with Crippen LogP contribution in [-0.2, 0) is 0 Å². The number of allylic oxidation sites excluding steroid dienone is 1. The van der Waals surface area contributed by atoms with Gasteiger partial charge in [-0.3, -0.25) is 10.1 Å². The average molecular weight is 255 g/mol. The number of nitro groups is 1. The minimum Gasteiger partial charge on any atom is -0.384 e. The largest absolute Gasteiger partial charge is 0.384 e. The van der Waals surface area contributed by atoms with Crippen molar-refractivity contribution in [3.05, 3.63) is 45.0 Å². The summed E-state index contributed by atoms with van der Waals surface area (Å²) in [6.07, 6.45) is 4.94. The molecule has 0 bridgehead atoms. The maximum Gasteiger partial charge on any atom is 0.288 e. The third kappa shape index (κ3) is 3.75. The Morgan fingerprint density at radius 1 is 1.53 bits per heavy atom. The molecule has 0 aliphatic heterocycles. The second kappa shape index (κ2) is 6.25. The molecule has 0 aliphatic carbocycles. The summed E-state index contributed by atoms with van der Waals surface area (Å²) < 4.78 is 0. The number of nitrogens with one attached hydrogen (secondary N) is 1. The zero-order valence-corrected chi connectivity index (χ0v) is 10.6. The van der Waals surface area contributed by atoms with Gasteiger partial charge in [0.2, 0.25) is 0 Å². The van der Waals surface area contributed by atoms with Gasteiger partial charge in [-0.05, 0) is 31.9 Å². The maximum atomic E-state index is 10.7. The van der Waals surface area contributed by atoms with Crippen LogP contribution in [0.25, 0.3) is 0 Å². The Kier molecular flexibility index (Phi) is 4.97. The van der Waals surface area contributed by atoms with Crippen LogP contribution in [0.5, 0.6) is 0 Å². The standard InChI is InChI=1S/C12H15ClN2O2/c1-3-4-5-6-14-11-8-10(13)12(15(16)17)7-9(11)2/h3-4,7-8,14H,5-6H2,1-2H3/b4-3+. The van der Waals surface area contributed by atoms with E-state index in [1.807, 2.05) is 19.9 Å². The van der Waals surface area contributed by atoms with E-state index in [1.165, 1.54) is 6.07 Å². The van der Waals surface area contributed by atoms with Crippen molar-refractivity contribution in [2.75, 3.05) is 11.9 Å². The summed E-state index contributed by atoms with van der Waals surface area (Å²) in [5, 5.41) is 14.0. The van der Waals surface area contributed by atoms with Gasteiger partial charge in [-0.2, -0.15) is 0 Å². The molecule has 0 saturated heterocycles. The summed E-state index contributed by atoms with van der Waals surface area (Å²) in [6, 6.07) is 3.09. The van der Waals surface area contributed by atoms with Crippen molar-refractivity contribution in [2.45, 2.75) is 20.3 Å². The summed E-state index contributed by atoms with van der Waals surface area (Å²) >= 11 is 5.84. The van der Waals surface area contributed by atoms with Crippen molar-refractivity contribution in [1.29, 1.82) is 0 Å². The van der Waals surface area contributed by atoms with Crippen molar-refractivity contribution >= 4 is 23.0 Å². The highest BCUT2D eigenvalue weighted by atomic mass is 35.5. The second-order valence-electron chi connectivity index (χ2n) is 3.66. The molecule has 5 heteroatoms. The molecule has 0 heterocycles. The lowest BCUT2D eigenvalue weighted by Crippen LogP contribution is -2.02. The second-order valence-corrected chi connectivity index (χ2v) is 4.07. The van der Waals surface area contributed by atoms with Crippen LogP contribution in [0.3, 0.4) is 0 Å². The minimum absolute atomic E-state index is 0.0526. The number of benzene rings is 1. The predicted molar refractivity (Wildman–Crippen MR) is 70.8 cm³/mol. The molecule has 1 aromatic rings. The highest BCUT2D eigenvalue weighted by Gasteiger charge is 2.14. The zero-order chi connectivity index (χ0) is 12.8.